The molecule has 104 valence electrons. The Hall–Kier alpha value is -1.35. The molecule has 1 amide bonds. The molecule has 0 aromatic heterocycles. The van der Waals surface area contributed by atoms with Gasteiger partial charge in [-0.2, -0.15) is 0 Å². The molecule has 1 aliphatic heterocycles. The summed E-state index contributed by atoms with van der Waals surface area (Å²) in [5.41, 5.74) is 3.91. The highest BCUT2D eigenvalue weighted by atomic mass is 16.1. The minimum Gasteiger partial charge on any atom is -0.352 e. The lowest BCUT2D eigenvalue weighted by molar-refractivity contribution is -0.127. The van der Waals surface area contributed by atoms with E-state index in [1.807, 2.05) is 6.92 Å². The Morgan fingerprint density at radius 1 is 1.32 bits per heavy atom. The van der Waals surface area contributed by atoms with Crippen molar-refractivity contribution in [2.75, 3.05) is 0 Å². The number of carbonyl (C=O) groups is 1. The van der Waals surface area contributed by atoms with E-state index >= 15 is 0 Å². The molecule has 19 heavy (non-hydrogen) atoms. The Balaban J connectivity index is 1.94. The number of amides is 1. The van der Waals surface area contributed by atoms with Gasteiger partial charge in [0.05, 0.1) is 0 Å². The fraction of sp³-hybridized carbons (Fsp3) is 0.562. The predicted octanol–water partition coefficient (Wildman–Crippen LogP) is 2.59. The highest BCUT2D eigenvalue weighted by Gasteiger charge is 2.26. The van der Waals surface area contributed by atoms with Crippen molar-refractivity contribution in [3.63, 3.8) is 0 Å². The minimum absolute atomic E-state index is 0.00589. The number of fused-ring (bicyclic) bond motifs is 1. The minimum atomic E-state index is 0.00589. The second-order valence-electron chi connectivity index (χ2n) is 6.51. The van der Waals surface area contributed by atoms with Crippen LogP contribution in [0.15, 0.2) is 18.2 Å². The van der Waals surface area contributed by atoms with Crippen LogP contribution in [0.4, 0.5) is 0 Å². The zero-order valence-corrected chi connectivity index (χ0v) is 12.3. The third-order valence-corrected chi connectivity index (χ3v) is 4.06. The monoisotopic (exact) mass is 260 g/mol. The molecule has 0 saturated heterocycles. The number of hydrogen-bond donors (Lipinski definition) is 2. The molecule has 0 aliphatic carbocycles. The van der Waals surface area contributed by atoms with Crippen LogP contribution in [0.5, 0.6) is 0 Å². The fourth-order valence-corrected chi connectivity index (χ4v) is 2.19. The number of carbonyl (C=O) groups excluding carboxylic acids is 1. The van der Waals surface area contributed by atoms with Gasteiger partial charge in [0.25, 0.3) is 0 Å². The Kier molecular flexibility index (Phi) is 3.95. The van der Waals surface area contributed by atoms with Crippen molar-refractivity contribution in [1.82, 2.24) is 10.6 Å². The predicted molar refractivity (Wildman–Crippen MR) is 77.5 cm³/mol. The Morgan fingerprint density at radius 2 is 2.00 bits per heavy atom. The Bertz CT molecular complexity index is 474. The maximum atomic E-state index is 12.1. The maximum Gasteiger partial charge on any atom is 0.223 e. The van der Waals surface area contributed by atoms with E-state index in [9.17, 15) is 4.79 Å². The number of nitrogens with one attached hydrogen (secondary N) is 2. The fourth-order valence-electron chi connectivity index (χ4n) is 2.19. The van der Waals surface area contributed by atoms with E-state index in [0.29, 0.717) is 6.54 Å². The van der Waals surface area contributed by atoms with Crippen molar-refractivity contribution in [2.24, 2.45) is 11.3 Å². The summed E-state index contributed by atoms with van der Waals surface area (Å²) in [6.45, 7) is 10.8. The quantitative estimate of drug-likeness (QED) is 0.877. The van der Waals surface area contributed by atoms with E-state index in [2.05, 4.69) is 49.6 Å². The van der Waals surface area contributed by atoms with Crippen LogP contribution >= 0.6 is 0 Å². The van der Waals surface area contributed by atoms with Gasteiger partial charge in [-0.25, -0.2) is 0 Å². The summed E-state index contributed by atoms with van der Waals surface area (Å²) in [5, 5.41) is 6.37. The topological polar surface area (TPSA) is 41.1 Å². The van der Waals surface area contributed by atoms with Crippen LogP contribution in [0.2, 0.25) is 0 Å². The van der Waals surface area contributed by atoms with Gasteiger partial charge < -0.3 is 10.6 Å². The van der Waals surface area contributed by atoms with Gasteiger partial charge >= 0.3 is 0 Å². The lowest BCUT2D eigenvalue weighted by atomic mass is 9.81. The molecule has 0 bridgehead atoms. The Labute approximate surface area is 115 Å². The number of benzene rings is 1. The first-order valence-corrected chi connectivity index (χ1v) is 6.97. The molecule has 2 N–H and O–H groups in total. The average molecular weight is 260 g/mol. The van der Waals surface area contributed by atoms with E-state index in [-0.39, 0.29) is 17.2 Å². The van der Waals surface area contributed by atoms with E-state index in [0.717, 1.165) is 13.1 Å². The molecule has 1 aromatic carbocycles. The van der Waals surface area contributed by atoms with E-state index in [4.69, 9.17) is 0 Å². The first-order chi connectivity index (χ1) is 8.88. The summed E-state index contributed by atoms with van der Waals surface area (Å²) in [6.07, 6.45) is 0. The van der Waals surface area contributed by atoms with Crippen LogP contribution < -0.4 is 10.6 Å². The molecule has 0 fully saturated rings. The van der Waals surface area contributed by atoms with Crippen molar-refractivity contribution in [2.45, 2.75) is 47.3 Å². The summed E-state index contributed by atoms with van der Waals surface area (Å²) in [7, 11) is 0. The molecule has 0 saturated carbocycles. The van der Waals surface area contributed by atoms with Gasteiger partial charge in [0.2, 0.25) is 5.91 Å². The first kappa shape index (κ1) is 14.1. The zero-order chi connectivity index (χ0) is 14.0. The molecule has 1 unspecified atom stereocenters. The van der Waals surface area contributed by atoms with Gasteiger partial charge in [-0.15, -0.1) is 0 Å². The van der Waals surface area contributed by atoms with Gasteiger partial charge in [0, 0.05) is 25.6 Å². The molecular formula is C16H24N2O. The van der Waals surface area contributed by atoms with Crippen LogP contribution in [-0.4, -0.2) is 5.91 Å². The molecule has 1 heterocycles. The molecule has 1 aliphatic rings. The third-order valence-electron chi connectivity index (χ3n) is 4.06. The Morgan fingerprint density at radius 3 is 2.68 bits per heavy atom. The average Bonchev–Trinajstić information content (AvgIpc) is 2.81. The van der Waals surface area contributed by atoms with Crippen LogP contribution in [-0.2, 0) is 24.4 Å². The largest absolute Gasteiger partial charge is 0.352 e. The summed E-state index contributed by atoms with van der Waals surface area (Å²) >= 11 is 0. The molecule has 1 atom stereocenters. The molecule has 3 heteroatoms. The molecular weight excluding hydrogens is 236 g/mol. The zero-order valence-electron chi connectivity index (χ0n) is 12.3. The summed E-state index contributed by atoms with van der Waals surface area (Å²) in [4.78, 5) is 12.1. The second kappa shape index (κ2) is 5.33. The standard InChI is InChI=1S/C16H24N2O/c1-11(16(2,3)4)15(19)18-8-12-5-6-13-9-17-10-14(13)7-12/h5-7,11,17H,8-10H2,1-4H3,(H,18,19). The van der Waals surface area contributed by atoms with Crippen molar-refractivity contribution in [1.29, 1.82) is 0 Å². The second-order valence-corrected chi connectivity index (χ2v) is 6.51. The number of rotatable bonds is 3. The van der Waals surface area contributed by atoms with Gasteiger partial charge in [-0.3, -0.25) is 4.79 Å². The molecule has 0 spiro atoms. The molecule has 3 nitrogen and oxygen atoms in total. The summed E-state index contributed by atoms with van der Waals surface area (Å²) < 4.78 is 0. The highest BCUT2D eigenvalue weighted by molar-refractivity contribution is 5.78. The van der Waals surface area contributed by atoms with Crippen LogP contribution in [0, 0.1) is 11.3 Å². The van der Waals surface area contributed by atoms with Gasteiger partial charge in [-0.05, 0) is 22.1 Å². The number of hydrogen-bond acceptors (Lipinski definition) is 2. The van der Waals surface area contributed by atoms with Gasteiger partial charge in [-0.1, -0.05) is 45.9 Å². The van der Waals surface area contributed by atoms with E-state index in [1.54, 1.807) is 0 Å². The van der Waals surface area contributed by atoms with Gasteiger partial charge in [0.1, 0.15) is 0 Å². The van der Waals surface area contributed by atoms with Crippen molar-refractivity contribution >= 4 is 5.91 Å². The highest BCUT2D eigenvalue weighted by Crippen LogP contribution is 2.25. The van der Waals surface area contributed by atoms with Crippen LogP contribution in [0.3, 0.4) is 0 Å². The van der Waals surface area contributed by atoms with Crippen molar-refractivity contribution in [3.05, 3.63) is 34.9 Å². The lowest BCUT2D eigenvalue weighted by Crippen LogP contribution is -2.35. The van der Waals surface area contributed by atoms with E-state index in [1.165, 1.54) is 16.7 Å². The third kappa shape index (κ3) is 3.35. The molecule has 1 aromatic rings. The van der Waals surface area contributed by atoms with Gasteiger partial charge in [0.15, 0.2) is 0 Å². The van der Waals surface area contributed by atoms with Crippen molar-refractivity contribution in [3.8, 4) is 0 Å². The van der Waals surface area contributed by atoms with E-state index < -0.39 is 0 Å². The van der Waals surface area contributed by atoms with Crippen molar-refractivity contribution < 1.29 is 4.79 Å². The van der Waals surface area contributed by atoms with Crippen LogP contribution in [0.1, 0.15) is 44.4 Å². The lowest BCUT2D eigenvalue weighted by Gasteiger charge is -2.26. The maximum absolute atomic E-state index is 12.1. The smallest absolute Gasteiger partial charge is 0.223 e. The summed E-state index contributed by atoms with van der Waals surface area (Å²) in [6, 6.07) is 6.45. The normalized spacial score (nSPS) is 16.0. The molecule has 2 rings (SSSR count). The van der Waals surface area contributed by atoms with Crippen LogP contribution in [0.25, 0.3) is 0 Å². The summed E-state index contributed by atoms with van der Waals surface area (Å²) in [5.74, 6) is 0.148. The molecule has 0 radical (unpaired) electrons. The SMILES string of the molecule is CC(C(=O)NCc1ccc2c(c1)CNC2)C(C)(C)C. The first-order valence-electron chi connectivity index (χ1n) is 6.97.